The Hall–Kier alpha value is -2.01. The second-order valence-corrected chi connectivity index (χ2v) is 6.82. The van der Waals surface area contributed by atoms with Gasteiger partial charge in [-0.15, -0.1) is 0 Å². The van der Waals surface area contributed by atoms with Crippen LogP contribution in [0.1, 0.15) is 43.3 Å². The van der Waals surface area contributed by atoms with E-state index in [4.69, 9.17) is 9.15 Å². The molecule has 2 aromatic rings. The van der Waals surface area contributed by atoms with Crippen molar-refractivity contribution in [2.75, 3.05) is 13.7 Å². The number of rotatable bonds is 6. The first-order valence-corrected chi connectivity index (χ1v) is 7.77. The van der Waals surface area contributed by atoms with Gasteiger partial charge >= 0.3 is 0 Å². The first-order valence-electron chi connectivity index (χ1n) is 7.77. The molecule has 0 saturated carbocycles. The highest BCUT2D eigenvalue weighted by Gasteiger charge is 2.23. The SMILES string of the molecule is COc1ccc2oc(C(=O)NCC(C)(C)CC(C)O)c(C)c2c1. The van der Waals surface area contributed by atoms with Crippen molar-refractivity contribution in [1.29, 1.82) is 0 Å². The molecule has 1 heterocycles. The van der Waals surface area contributed by atoms with Gasteiger partial charge < -0.3 is 19.6 Å². The van der Waals surface area contributed by atoms with Crippen LogP contribution in [-0.2, 0) is 0 Å². The monoisotopic (exact) mass is 319 g/mol. The molecule has 1 unspecified atom stereocenters. The van der Waals surface area contributed by atoms with Crippen molar-refractivity contribution < 1.29 is 19.1 Å². The summed E-state index contributed by atoms with van der Waals surface area (Å²) in [5.41, 5.74) is 1.27. The highest BCUT2D eigenvalue weighted by atomic mass is 16.5. The highest BCUT2D eigenvalue weighted by Crippen LogP contribution is 2.29. The Bertz CT molecular complexity index is 700. The van der Waals surface area contributed by atoms with Crippen molar-refractivity contribution >= 4 is 16.9 Å². The average molecular weight is 319 g/mol. The van der Waals surface area contributed by atoms with Gasteiger partial charge in [0.2, 0.25) is 0 Å². The lowest BCUT2D eigenvalue weighted by Crippen LogP contribution is -2.35. The van der Waals surface area contributed by atoms with E-state index in [9.17, 15) is 9.90 Å². The molecule has 0 aliphatic carbocycles. The number of aliphatic hydroxyl groups excluding tert-OH is 1. The van der Waals surface area contributed by atoms with Gasteiger partial charge in [0, 0.05) is 17.5 Å². The fraction of sp³-hybridized carbons (Fsp3) is 0.500. The van der Waals surface area contributed by atoms with E-state index in [0.717, 1.165) is 16.7 Å². The van der Waals surface area contributed by atoms with Gasteiger partial charge in [0.1, 0.15) is 11.3 Å². The van der Waals surface area contributed by atoms with Crippen LogP contribution in [-0.4, -0.2) is 30.8 Å². The lowest BCUT2D eigenvalue weighted by Gasteiger charge is -2.26. The van der Waals surface area contributed by atoms with Gasteiger partial charge in [-0.25, -0.2) is 0 Å². The number of aryl methyl sites for hydroxylation is 1. The Morgan fingerprint density at radius 3 is 2.74 bits per heavy atom. The van der Waals surface area contributed by atoms with Gasteiger partial charge in [0.15, 0.2) is 5.76 Å². The van der Waals surface area contributed by atoms with Crippen LogP contribution >= 0.6 is 0 Å². The average Bonchev–Trinajstić information content (AvgIpc) is 2.80. The lowest BCUT2D eigenvalue weighted by atomic mass is 9.87. The first kappa shape index (κ1) is 17.3. The number of methoxy groups -OCH3 is 1. The number of fused-ring (bicyclic) bond motifs is 1. The Morgan fingerprint density at radius 1 is 1.43 bits per heavy atom. The fourth-order valence-corrected chi connectivity index (χ4v) is 2.82. The summed E-state index contributed by atoms with van der Waals surface area (Å²) in [5.74, 6) is 0.809. The Labute approximate surface area is 136 Å². The molecule has 23 heavy (non-hydrogen) atoms. The molecule has 0 spiro atoms. The third kappa shape index (κ3) is 4.05. The second-order valence-electron chi connectivity index (χ2n) is 6.82. The molecule has 126 valence electrons. The van der Waals surface area contributed by atoms with Crippen LogP contribution in [0.5, 0.6) is 5.75 Å². The van der Waals surface area contributed by atoms with E-state index in [0.29, 0.717) is 24.3 Å². The third-order valence-corrected chi connectivity index (χ3v) is 3.93. The van der Waals surface area contributed by atoms with Crippen LogP contribution in [0.4, 0.5) is 0 Å². The minimum absolute atomic E-state index is 0.188. The van der Waals surface area contributed by atoms with Crippen LogP contribution in [0.15, 0.2) is 22.6 Å². The summed E-state index contributed by atoms with van der Waals surface area (Å²) in [6.45, 7) is 8.10. The summed E-state index contributed by atoms with van der Waals surface area (Å²) in [6, 6.07) is 5.47. The van der Waals surface area contributed by atoms with E-state index in [1.807, 2.05) is 26.8 Å². The van der Waals surface area contributed by atoms with Gasteiger partial charge in [-0.3, -0.25) is 4.79 Å². The molecule has 0 saturated heterocycles. The van der Waals surface area contributed by atoms with E-state index in [1.165, 1.54) is 0 Å². The van der Waals surface area contributed by atoms with Crippen molar-refractivity contribution in [1.82, 2.24) is 5.32 Å². The molecule has 0 bridgehead atoms. The molecule has 5 heteroatoms. The summed E-state index contributed by atoms with van der Waals surface area (Å²) >= 11 is 0. The van der Waals surface area contributed by atoms with Gasteiger partial charge in [-0.05, 0) is 43.9 Å². The van der Waals surface area contributed by atoms with E-state index in [-0.39, 0.29) is 11.3 Å². The number of carbonyl (C=O) groups excluding carboxylic acids is 1. The van der Waals surface area contributed by atoms with Crippen LogP contribution in [0.3, 0.4) is 0 Å². The van der Waals surface area contributed by atoms with Crippen molar-refractivity contribution in [3.05, 3.63) is 29.5 Å². The van der Waals surface area contributed by atoms with E-state index >= 15 is 0 Å². The van der Waals surface area contributed by atoms with Crippen LogP contribution in [0.2, 0.25) is 0 Å². The first-order chi connectivity index (χ1) is 10.7. The maximum Gasteiger partial charge on any atom is 0.287 e. The number of furan rings is 1. The van der Waals surface area contributed by atoms with Crippen molar-refractivity contribution in [3.63, 3.8) is 0 Å². The molecule has 1 amide bonds. The predicted octanol–water partition coefficient (Wildman–Crippen LogP) is 3.28. The largest absolute Gasteiger partial charge is 0.497 e. The molecule has 0 aliphatic rings. The zero-order chi connectivity index (χ0) is 17.2. The summed E-state index contributed by atoms with van der Waals surface area (Å²) in [7, 11) is 1.61. The van der Waals surface area contributed by atoms with Crippen molar-refractivity contribution in [2.24, 2.45) is 5.41 Å². The normalized spacial score (nSPS) is 13.1. The summed E-state index contributed by atoms with van der Waals surface area (Å²) in [6.07, 6.45) is 0.214. The Morgan fingerprint density at radius 2 is 2.13 bits per heavy atom. The standard InChI is InChI=1S/C18H25NO4/c1-11(20)9-18(3,4)10-19-17(21)16-12(2)14-8-13(22-5)6-7-15(14)23-16/h6-8,11,20H,9-10H2,1-5H3,(H,19,21). The van der Waals surface area contributed by atoms with Gasteiger partial charge in [0.25, 0.3) is 5.91 Å². The summed E-state index contributed by atoms with van der Waals surface area (Å²) < 4.78 is 10.9. The number of amides is 1. The minimum Gasteiger partial charge on any atom is -0.497 e. The second kappa shape index (κ2) is 6.62. The summed E-state index contributed by atoms with van der Waals surface area (Å²) in [4.78, 5) is 12.4. The molecule has 0 radical (unpaired) electrons. The molecular weight excluding hydrogens is 294 g/mol. The van der Waals surface area contributed by atoms with E-state index in [1.54, 1.807) is 26.2 Å². The quantitative estimate of drug-likeness (QED) is 0.857. The molecule has 0 aliphatic heterocycles. The maximum atomic E-state index is 12.4. The topological polar surface area (TPSA) is 71.7 Å². The van der Waals surface area contributed by atoms with Crippen molar-refractivity contribution in [2.45, 2.75) is 40.2 Å². The molecule has 2 N–H and O–H groups in total. The number of nitrogens with one attached hydrogen (secondary N) is 1. The maximum absolute atomic E-state index is 12.4. The number of carbonyl (C=O) groups is 1. The molecule has 2 rings (SSSR count). The number of aliphatic hydroxyl groups is 1. The Kier molecular flexibility index (Phi) is 5.00. The van der Waals surface area contributed by atoms with Crippen LogP contribution < -0.4 is 10.1 Å². The Balaban J connectivity index is 2.17. The van der Waals surface area contributed by atoms with E-state index < -0.39 is 6.10 Å². The molecule has 0 fully saturated rings. The molecule has 5 nitrogen and oxygen atoms in total. The number of benzene rings is 1. The molecule has 1 atom stereocenters. The molecular formula is C18H25NO4. The number of ether oxygens (including phenoxy) is 1. The van der Waals surface area contributed by atoms with Crippen LogP contribution in [0.25, 0.3) is 11.0 Å². The lowest BCUT2D eigenvalue weighted by molar-refractivity contribution is 0.0877. The molecule has 1 aromatic heterocycles. The molecule has 1 aromatic carbocycles. The van der Waals surface area contributed by atoms with Crippen LogP contribution in [0, 0.1) is 12.3 Å². The van der Waals surface area contributed by atoms with Crippen molar-refractivity contribution in [3.8, 4) is 5.75 Å². The fourth-order valence-electron chi connectivity index (χ4n) is 2.82. The van der Waals surface area contributed by atoms with E-state index in [2.05, 4.69) is 5.32 Å². The van der Waals surface area contributed by atoms with Gasteiger partial charge in [-0.2, -0.15) is 0 Å². The zero-order valence-electron chi connectivity index (χ0n) is 14.4. The smallest absolute Gasteiger partial charge is 0.287 e. The number of hydrogen-bond donors (Lipinski definition) is 2. The van der Waals surface area contributed by atoms with Gasteiger partial charge in [-0.1, -0.05) is 13.8 Å². The zero-order valence-corrected chi connectivity index (χ0v) is 14.4. The highest BCUT2D eigenvalue weighted by molar-refractivity contribution is 5.99. The van der Waals surface area contributed by atoms with Gasteiger partial charge in [0.05, 0.1) is 13.2 Å². The third-order valence-electron chi connectivity index (χ3n) is 3.93. The minimum atomic E-state index is -0.401. The number of hydrogen-bond acceptors (Lipinski definition) is 4. The summed E-state index contributed by atoms with van der Waals surface area (Å²) in [5, 5.41) is 13.3. The predicted molar refractivity (Wildman–Crippen MR) is 89.9 cm³/mol.